The summed E-state index contributed by atoms with van der Waals surface area (Å²) in [7, 11) is 1.62. The van der Waals surface area contributed by atoms with Crippen LogP contribution in [0.2, 0.25) is 10.0 Å². The first kappa shape index (κ1) is 41.7. The third-order valence-corrected chi connectivity index (χ3v) is 7.68. The van der Waals surface area contributed by atoms with Gasteiger partial charge in [-0.05, 0) is 60.6 Å². The maximum Gasteiger partial charge on any atom is 0.302 e. The Labute approximate surface area is 281 Å². The molecule has 1 aliphatic rings. The molecule has 248 valence electrons. The number of carbonyl (C=O) groups excluding carboxylic acids is 2. The zero-order valence-corrected chi connectivity index (χ0v) is 30.4. The molecule has 0 aliphatic heterocycles. The van der Waals surface area contributed by atoms with E-state index in [1.54, 1.807) is 14.0 Å². The molecule has 1 fully saturated rings. The Bertz CT molecular complexity index is 1150. The largest absolute Gasteiger partial charge is 0.495 e. The van der Waals surface area contributed by atoms with Gasteiger partial charge in [0, 0.05) is 30.5 Å². The molecule has 44 heavy (non-hydrogen) atoms. The lowest BCUT2D eigenvalue weighted by molar-refractivity contribution is -0.141. The molecule has 0 amide bonds. The van der Waals surface area contributed by atoms with Crippen molar-refractivity contribution in [2.45, 2.75) is 112 Å². The lowest BCUT2D eigenvalue weighted by Gasteiger charge is -2.24. The van der Waals surface area contributed by atoms with Crippen LogP contribution >= 0.6 is 35.4 Å². The summed E-state index contributed by atoms with van der Waals surface area (Å²) in [6.07, 6.45) is 8.83. The molecule has 0 aromatic heterocycles. The number of unbranched alkanes of at least 4 members (excludes halogenated alkanes) is 1. The van der Waals surface area contributed by atoms with E-state index in [4.69, 9.17) is 40.2 Å². The molecule has 0 heterocycles. The molecule has 1 saturated carbocycles. The molecule has 0 bridgehead atoms. The van der Waals surface area contributed by atoms with E-state index < -0.39 is 0 Å². The van der Waals surface area contributed by atoms with Crippen molar-refractivity contribution in [2.24, 2.45) is 0 Å². The van der Waals surface area contributed by atoms with Gasteiger partial charge in [0.25, 0.3) is 0 Å². The molecule has 2 aromatic rings. The Morgan fingerprint density at radius 2 is 1.48 bits per heavy atom. The SMILES string of the molecule is C1CCC1.CCC(=S)Nc1c(C(C)C)cc(Cl)cc1[C@H](C)c1cccc(OC)c1Cl.CCCCOC(C)=O.CCOC(C)=O. The maximum atomic E-state index is 10.1. The number of halogens is 2. The number of nitrogens with one attached hydrogen (secondary N) is 1. The van der Waals surface area contributed by atoms with Gasteiger partial charge in [-0.15, -0.1) is 0 Å². The van der Waals surface area contributed by atoms with Gasteiger partial charge in [-0.3, -0.25) is 9.59 Å². The van der Waals surface area contributed by atoms with E-state index in [1.165, 1.54) is 39.5 Å². The Balaban J connectivity index is 0.000000828. The smallest absolute Gasteiger partial charge is 0.302 e. The van der Waals surface area contributed by atoms with Gasteiger partial charge in [0.2, 0.25) is 0 Å². The van der Waals surface area contributed by atoms with Crippen LogP contribution in [0, 0.1) is 0 Å². The minimum Gasteiger partial charge on any atom is -0.495 e. The molecule has 0 radical (unpaired) electrons. The number of methoxy groups -OCH3 is 1. The van der Waals surface area contributed by atoms with Crippen LogP contribution in [0.5, 0.6) is 5.75 Å². The van der Waals surface area contributed by atoms with Crippen molar-refractivity contribution < 1.29 is 23.8 Å². The van der Waals surface area contributed by atoms with Gasteiger partial charge in [-0.1, -0.05) is 114 Å². The first-order chi connectivity index (χ1) is 20.8. The number of hydrogen-bond donors (Lipinski definition) is 1. The third kappa shape index (κ3) is 16.6. The molecule has 0 saturated heterocycles. The number of carbonyl (C=O) groups is 2. The highest BCUT2D eigenvalue weighted by Gasteiger charge is 2.22. The van der Waals surface area contributed by atoms with E-state index >= 15 is 0 Å². The lowest BCUT2D eigenvalue weighted by Crippen LogP contribution is -2.14. The summed E-state index contributed by atoms with van der Waals surface area (Å²) < 4.78 is 14.4. The van der Waals surface area contributed by atoms with Crippen LogP contribution in [0.25, 0.3) is 0 Å². The Hall–Kier alpha value is -2.35. The predicted molar refractivity (Wildman–Crippen MR) is 190 cm³/mol. The molecular weight excluding hydrogens is 617 g/mol. The minimum absolute atomic E-state index is 0.0240. The third-order valence-electron chi connectivity index (χ3n) is 6.67. The number of anilines is 1. The number of hydrogen-bond acceptors (Lipinski definition) is 6. The van der Waals surface area contributed by atoms with Gasteiger partial charge in [0.15, 0.2) is 0 Å². The van der Waals surface area contributed by atoms with Crippen molar-refractivity contribution in [3.05, 3.63) is 57.1 Å². The minimum atomic E-state index is -0.211. The Kier molecular flexibility index (Phi) is 22.7. The van der Waals surface area contributed by atoms with E-state index in [9.17, 15) is 9.59 Å². The van der Waals surface area contributed by atoms with Crippen LogP contribution in [-0.4, -0.2) is 37.3 Å². The standard InChI is InChI=1S/C21H25Cl2NOS.C6H12O2.C4H8O2.C4H8/c1-6-19(26)24-21-16(12(2)3)10-14(22)11-17(21)13(4)15-8-7-9-18(25-5)20(15)23;1-3-4-5-8-6(2)7;1-3-6-4(2)5;1-2-4-3-1/h7-13H,6H2,1-5H3,(H,24,26);3-5H2,1-2H3;3H2,1-2H3;1-4H2/t13-;;;/m1.../s1. The van der Waals surface area contributed by atoms with E-state index in [0.29, 0.717) is 34.9 Å². The summed E-state index contributed by atoms with van der Waals surface area (Å²) in [5, 5.41) is 4.77. The zero-order chi connectivity index (χ0) is 33.7. The number of ether oxygens (including phenoxy) is 3. The second kappa shape index (κ2) is 24.0. The molecule has 1 aliphatic carbocycles. The molecule has 2 aromatic carbocycles. The molecule has 0 unspecified atom stereocenters. The molecular formula is C35H53Cl2NO5S. The van der Waals surface area contributed by atoms with Gasteiger partial charge in [0.1, 0.15) is 5.75 Å². The fraction of sp³-hybridized carbons (Fsp3) is 0.571. The monoisotopic (exact) mass is 669 g/mol. The summed E-state index contributed by atoms with van der Waals surface area (Å²) >= 11 is 18.5. The van der Waals surface area contributed by atoms with Gasteiger partial charge >= 0.3 is 11.9 Å². The zero-order valence-electron chi connectivity index (χ0n) is 28.1. The second-order valence-electron chi connectivity index (χ2n) is 10.6. The summed E-state index contributed by atoms with van der Waals surface area (Å²) in [6.45, 7) is 16.2. The highest BCUT2D eigenvalue weighted by Crippen LogP contribution is 2.42. The average molecular weight is 671 g/mol. The van der Waals surface area contributed by atoms with Crippen LogP contribution in [0.3, 0.4) is 0 Å². The number of esters is 2. The Morgan fingerprint density at radius 1 is 0.909 bits per heavy atom. The van der Waals surface area contributed by atoms with Crippen LogP contribution in [0.15, 0.2) is 30.3 Å². The number of thiocarbonyl (C=S) groups is 1. The van der Waals surface area contributed by atoms with Gasteiger partial charge in [0.05, 0.1) is 30.3 Å². The van der Waals surface area contributed by atoms with Gasteiger partial charge in [-0.2, -0.15) is 0 Å². The normalized spacial score (nSPS) is 12.0. The van der Waals surface area contributed by atoms with E-state index in [-0.39, 0.29) is 17.9 Å². The van der Waals surface area contributed by atoms with E-state index in [0.717, 1.165) is 46.6 Å². The van der Waals surface area contributed by atoms with Gasteiger partial charge < -0.3 is 19.5 Å². The molecule has 6 nitrogen and oxygen atoms in total. The molecule has 1 N–H and O–H groups in total. The average Bonchev–Trinajstić information content (AvgIpc) is 2.93. The summed E-state index contributed by atoms with van der Waals surface area (Å²) in [6, 6.07) is 9.84. The van der Waals surface area contributed by atoms with Crippen LogP contribution in [-0.2, 0) is 19.1 Å². The predicted octanol–water partition coefficient (Wildman–Crippen LogP) is 10.9. The van der Waals surface area contributed by atoms with Crippen LogP contribution in [0.1, 0.15) is 129 Å². The van der Waals surface area contributed by atoms with Crippen molar-refractivity contribution in [3.63, 3.8) is 0 Å². The number of benzene rings is 2. The maximum absolute atomic E-state index is 10.1. The van der Waals surface area contributed by atoms with Crippen molar-refractivity contribution >= 4 is 58.0 Å². The molecule has 3 rings (SSSR count). The summed E-state index contributed by atoms with van der Waals surface area (Å²) in [4.78, 5) is 20.7. The second-order valence-corrected chi connectivity index (χ2v) is 11.9. The van der Waals surface area contributed by atoms with E-state index in [2.05, 4.69) is 42.5 Å². The van der Waals surface area contributed by atoms with Crippen LogP contribution in [0.4, 0.5) is 5.69 Å². The molecule has 0 spiro atoms. The molecule has 1 atom stereocenters. The van der Waals surface area contributed by atoms with Crippen molar-refractivity contribution in [2.75, 3.05) is 25.6 Å². The fourth-order valence-corrected chi connectivity index (χ4v) is 4.52. The van der Waals surface area contributed by atoms with Crippen LogP contribution < -0.4 is 10.1 Å². The van der Waals surface area contributed by atoms with Crippen molar-refractivity contribution in [3.8, 4) is 5.75 Å². The first-order valence-corrected chi connectivity index (χ1v) is 16.7. The highest BCUT2D eigenvalue weighted by molar-refractivity contribution is 7.80. The summed E-state index contributed by atoms with van der Waals surface area (Å²) in [5.74, 6) is 0.607. The quantitative estimate of drug-likeness (QED) is 0.153. The topological polar surface area (TPSA) is 73.9 Å². The number of rotatable bonds is 10. The summed E-state index contributed by atoms with van der Waals surface area (Å²) in [5.41, 5.74) is 4.25. The highest BCUT2D eigenvalue weighted by atomic mass is 35.5. The van der Waals surface area contributed by atoms with Gasteiger partial charge in [-0.25, -0.2) is 0 Å². The first-order valence-electron chi connectivity index (χ1n) is 15.6. The van der Waals surface area contributed by atoms with E-state index in [1.807, 2.05) is 37.3 Å². The molecule has 9 heteroatoms. The Morgan fingerprint density at radius 3 is 1.89 bits per heavy atom. The lowest BCUT2D eigenvalue weighted by atomic mass is 9.87. The van der Waals surface area contributed by atoms with Crippen molar-refractivity contribution in [1.82, 2.24) is 0 Å². The fourth-order valence-electron chi connectivity index (χ4n) is 3.82. The van der Waals surface area contributed by atoms with Crippen molar-refractivity contribution in [1.29, 1.82) is 0 Å².